The first-order valence-electron chi connectivity index (χ1n) is 18.3. The fourth-order valence-electron chi connectivity index (χ4n) is 7.13. The van der Waals surface area contributed by atoms with Crippen molar-refractivity contribution in [2.75, 3.05) is 47.1 Å². The molecule has 0 aliphatic carbocycles. The average molecular weight is 753 g/mol. The fraction of sp³-hybridized carbons (Fsp3) is 0.326. The number of likely N-dealkylation sites (tertiary alicyclic amines) is 1. The number of aliphatic hydroxyl groups is 1. The van der Waals surface area contributed by atoms with Crippen molar-refractivity contribution in [3.8, 4) is 17.2 Å². The van der Waals surface area contributed by atoms with E-state index in [1.54, 1.807) is 43.4 Å². The number of hydrogen-bond donors (Lipinski definition) is 3. The van der Waals surface area contributed by atoms with Gasteiger partial charge < -0.3 is 33.7 Å². The molecule has 0 spiro atoms. The minimum Gasteiger partial charge on any atom is -0.496 e. The molecule has 1 saturated heterocycles. The Hall–Kier alpha value is -5.05. The van der Waals surface area contributed by atoms with E-state index in [4.69, 9.17) is 38.9 Å². The molecule has 0 bridgehead atoms. The van der Waals surface area contributed by atoms with Gasteiger partial charge in [-0.25, -0.2) is 4.84 Å². The Balaban J connectivity index is 1.16. The van der Waals surface area contributed by atoms with Crippen LogP contribution in [0.1, 0.15) is 45.0 Å². The lowest BCUT2D eigenvalue weighted by atomic mass is 9.78. The number of methoxy groups -OCH3 is 2. The molecule has 0 aromatic heterocycles. The third kappa shape index (κ3) is 10.4. The van der Waals surface area contributed by atoms with E-state index in [0.29, 0.717) is 43.9 Å². The van der Waals surface area contributed by atoms with Gasteiger partial charge >= 0.3 is 0 Å². The van der Waals surface area contributed by atoms with Crippen LogP contribution in [0.15, 0.2) is 109 Å². The lowest BCUT2D eigenvalue weighted by molar-refractivity contribution is -0.497. The highest BCUT2D eigenvalue weighted by atomic mass is 17.1. The number of rotatable bonds is 18. The van der Waals surface area contributed by atoms with Gasteiger partial charge in [0.2, 0.25) is 0 Å². The van der Waals surface area contributed by atoms with Gasteiger partial charge in [0.05, 0.1) is 58.7 Å². The van der Waals surface area contributed by atoms with Crippen LogP contribution in [0.5, 0.6) is 17.2 Å². The number of hydrogen-bond acceptors (Lipinski definition) is 11. The molecule has 55 heavy (non-hydrogen) atoms. The van der Waals surface area contributed by atoms with Gasteiger partial charge in [0.1, 0.15) is 17.2 Å². The first kappa shape index (κ1) is 39.6. The number of carbonyl (C=O) groups is 1. The smallest absolute Gasteiger partial charge is 0.253 e. The third-order valence-electron chi connectivity index (χ3n) is 9.79. The first-order chi connectivity index (χ1) is 26.9. The van der Waals surface area contributed by atoms with Crippen molar-refractivity contribution in [3.63, 3.8) is 0 Å². The van der Waals surface area contributed by atoms with Crippen LogP contribution in [0.25, 0.3) is 10.8 Å². The molecule has 1 heterocycles. The molecule has 1 aliphatic rings. The van der Waals surface area contributed by atoms with Gasteiger partial charge in [0.25, 0.3) is 5.91 Å². The highest BCUT2D eigenvalue weighted by Gasteiger charge is 2.40. The lowest BCUT2D eigenvalue weighted by Crippen LogP contribution is -2.52. The van der Waals surface area contributed by atoms with Crippen molar-refractivity contribution in [1.29, 1.82) is 0 Å². The molecule has 5 aromatic carbocycles. The number of carbonyl (C=O) groups excluding carboxylic acids is 1. The molecule has 5 aromatic rings. The van der Waals surface area contributed by atoms with E-state index < -0.39 is 6.10 Å². The number of amides is 1. The summed E-state index contributed by atoms with van der Waals surface area (Å²) >= 11 is 0. The van der Waals surface area contributed by atoms with Crippen molar-refractivity contribution in [1.82, 2.24) is 10.3 Å². The number of benzene rings is 5. The van der Waals surface area contributed by atoms with E-state index in [0.717, 1.165) is 44.7 Å². The average Bonchev–Trinajstić information content (AvgIpc) is 3.22. The standard InChI is InChI=1S/C43H48N2O10/c1-50-39-14-6-4-11-35(39)29-52-19-8-20-53-37-17-15-32(16-18-37)42-36(26-46)24-44(43(47)34-12-7-9-30(21-34)28-55-45(48)49)25-41(42)54-27-31-22-33-10-3-5-13-38(33)40(23-31)51-2/h3-7,9-18,21-23,36,41-42,46,48-49H,8,19-20,24-29H2,1-2H3. The second-order valence-corrected chi connectivity index (χ2v) is 13.4. The molecule has 290 valence electrons. The van der Waals surface area contributed by atoms with Gasteiger partial charge in [-0.3, -0.25) is 15.2 Å². The van der Waals surface area contributed by atoms with Crippen molar-refractivity contribution in [2.45, 2.75) is 38.3 Å². The van der Waals surface area contributed by atoms with Gasteiger partial charge in [-0.1, -0.05) is 66.7 Å². The third-order valence-corrected chi connectivity index (χ3v) is 9.79. The molecule has 3 N–H and O–H groups in total. The molecule has 6 rings (SSSR count). The number of nitrogens with zero attached hydrogens (tertiary/aromatic N) is 2. The van der Waals surface area contributed by atoms with Crippen LogP contribution in [0, 0.1) is 5.92 Å². The number of ether oxygens (including phenoxy) is 5. The molecule has 12 heteroatoms. The minimum atomic E-state index is -0.469. The fourth-order valence-corrected chi connectivity index (χ4v) is 7.13. The summed E-state index contributed by atoms with van der Waals surface area (Å²) in [5.74, 6) is 1.47. The van der Waals surface area contributed by atoms with E-state index in [2.05, 4.69) is 6.07 Å². The van der Waals surface area contributed by atoms with Gasteiger partial charge in [0, 0.05) is 54.5 Å². The van der Waals surface area contributed by atoms with E-state index in [1.807, 2.05) is 78.9 Å². The minimum absolute atomic E-state index is 0.145. The van der Waals surface area contributed by atoms with E-state index in [1.165, 1.54) is 0 Å². The van der Waals surface area contributed by atoms with Crippen LogP contribution in [0.4, 0.5) is 0 Å². The summed E-state index contributed by atoms with van der Waals surface area (Å²) in [5.41, 5.74) is 3.87. The SMILES string of the molecule is COc1ccccc1COCCCOc1ccc(C2C(CO)CN(C(=O)c3cccc(CON(O)O)c3)CC2OCc2cc(OC)c3ccccc3c2)cc1. The van der Waals surface area contributed by atoms with Crippen LogP contribution in [-0.4, -0.2) is 85.0 Å². The van der Waals surface area contributed by atoms with Crippen LogP contribution < -0.4 is 14.2 Å². The largest absolute Gasteiger partial charge is 0.496 e. The van der Waals surface area contributed by atoms with Crippen molar-refractivity contribution < 1.29 is 48.8 Å². The summed E-state index contributed by atoms with van der Waals surface area (Å²) in [6.45, 7) is 2.01. The number of para-hydroxylation sites is 1. The Morgan fingerprint density at radius 2 is 1.56 bits per heavy atom. The molecular weight excluding hydrogens is 704 g/mol. The Labute approximate surface area is 320 Å². The predicted molar refractivity (Wildman–Crippen MR) is 204 cm³/mol. The van der Waals surface area contributed by atoms with Crippen molar-refractivity contribution in [2.24, 2.45) is 5.92 Å². The monoisotopic (exact) mass is 752 g/mol. The molecule has 3 unspecified atom stereocenters. The Kier molecular flexibility index (Phi) is 14.1. The summed E-state index contributed by atoms with van der Waals surface area (Å²) in [6.07, 6.45) is 0.242. The Morgan fingerprint density at radius 3 is 2.35 bits per heavy atom. The molecule has 12 nitrogen and oxygen atoms in total. The molecule has 1 aliphatic heterocycles. The second-order valence-electron chi connectivity index (χ2n) is 13.4. The van der Waals surface area contributed by atoms with Crippen LogP contribution >= 0.6 is 0 Å². The van der Waals surface area contributed by atoms with Gasteiger partial charge in [0.15, 0.2) is 0 Å². The maximum Gasteiger partial charge on any atom is 0.253 e. The molecule has 0 radical (unpaired) electrons. The molecule has 1 amide bonds. The Morgan fingerprint density at radius 1 is 0.782 bits per heavy atom. The summed E-state index contributed by atoms with van der Waals surface area (Å²) in [6, 6.07) is 34.5. The molecule has 3 atom stereocenters. The molecule has 0 saturated carbocycles. The van der Waals surface area contributed by atoms with Crippen molar-refractivity contribution >= 4 is 16.7 Å². The summed E-state index contributed by atoms with van der Waals surface area (Å²) in [5, 5.41) is 30.4. The Bertz CT molecular complexity index is 1990. The molecule has 1 fully saturated rings. The normalized spacial score (nSPS) is 17.1. The van der Waals surface area contributed by atoms with Gasteiger partial charge in [-0.05, 0) is 64.5 Å². The van der Waals surface area contributed by atoms with Crippen molar-refractivity contribution in [3.05, 3.63) is 137 Å². The topological polar surface area (TPSA) is 140 Å². The predicted octanol–water partition coefficient (Wildman–Crippen LogP) is 6.79. The van der Waals surface area contributed by atoms with Crippen LogP contribution in [-0.2, 0) is 34.1 Å². The van der Waals surface area contributed by atoms with E-state index >= 15 is 0 Å². The highest BCUT2D eigenvalue weighted by molar-refractivity contribution is 5.94. The zero-order valence-corrected chi connectivity index (χ0v) is 31.1. The highest BCUT2D eigenvalue weighted by Crippen LogP contribution is 2.37. The van der Waals surface area contributed by atoms with Gasteiger partial charge in [-0.2, -0.15) is 0 Å². The lowest BCUT2D eigenvalue weighted by Gasteiger charge is -2.43. The maximum atomic E-state index is 13.9. The number of piperidine rings is 1. The summed E-state index contributed by atoms with van der Waals surface area (Å²) < 4.78 is 29.7. The van der Waals surface area contributed by atoms with Crippen LogP contribution in [0.3, 0.4) is 0 Å². The zero-order chi connectivity index (χ0) is 38.6. The maximum absolute atomic E-state index is 13.9. The van der Waals surface area contributed by atoms with Crippen LogP contribution in [0.2, 0.25) is 0 Å². The van der Waals surface area contributed by atoms with Gasteiger partial charge in [-0.15, -0.1) is 0 Å². The quantitative estimate of drug-likeness (QED) is 0.0644. The molecular formula is C43H48N2O10. The van der Waals surface area contributed by atoms with E-state index in [9.17, 15) is 9.90 Å². The first-order valence-corrected chi connectivity index (χ1v) is 18.3. The number of fused-ring (bicyclic) bond motifs is 1. The second kappa shape index (κ2) is 19.5. The summed E-state index contributed by atoms with van der Waals surface area (Å²) in [7, 11) is 3.30. The van der Waals surface area contributed by atoms with E-state index in [-0.39, 0.29) is 49.5 Å². The number of aliphatic hydroxyl groups excluding tert-OH is 1. The zero-order valence-electron chi connectivity index (χ0n) is 31.1. The summed E-state index contributed by atoms with van der Waals surface area (Å²) in [4.78, 5) is 20.4.